The molecule has 2 N–H and O–H groups in total. The predicted octanol–water partition coefficient (Wildman–Crippen LogP) is 2.38. The fourth-order valence-corrected chi connectivity index (χ4v) is 4.49. The van der Waals surface area contributed by atoms with Crippen LogP contribution in [0.5, 0.6) is 0 Å². The second-order valence-electron chi connectivity index (χ2n) is 7.46. The molecule has 3 rings (SSSR count). The van der Waals surface area contributed by atoms with Crippen LogP contribution in [0.4, 0.5) is 5.69 Å². The molecule has 1 aromatic rings. The summed E-state index contributed by atoms with van der Waals surface area (Å²) in [4.78, 5) is 38.8. The molecule has 0 aliphatic carbocycles. The van der Waals surface area contributed by atoms with E-state index in [-0.39, 0.29) is 49.2 Å². The van der Waals surface area contributed by atoms with E-state index < -0.39 is 0 Å². The summed E-state index contributed by atoms with van der Waals surface area (Å²) in [5, 5.41) is 6.43. The number of carbonyl (C=O) groups excluding carboxylic acids is 3. The first-order valence-corrected chi connectivity index (χ1v) is 11.4. The molecular formula is C20H27ClN4O3S. The summed E-state index contributed by atoms with van der Waals surface area (Å²) in [6, 6.07) is 7.10. The van der Waals surface area contributed by atoms with Crippen LogP contribution in [-0.4, -0.2) is 65.4 Å². The van der Waals surface area contributed by atoms with Gasteiger partial charge < -0.3 is 15.5 Å². The summed E-state index contributed by atoms with van der Waals surface area (Å²) in [6.45, 7) is 2.15. The SMILES string of the molecule is CSN1CCC(NC(=O)CN2CC(C(=O)Nc3cccc(Cl)c3)CCC2=O)CC1. The average Bonchev–Trinajstić information content (AvgIpc) is 2.70. The molecule has 1 atom stereocenters. The number of hydrogen-bond acceptors (Lipinski definition) is 5. The van der Waals surface area contributed by atoms with Crippen molar-refractivity contribution in [1.82, 2.24) is 14.5 Å². The second-order valence-corrected chi connectivity index (χ2v) is 8.78. The third-order valence-corrected chi connectivity index (χ3v) is 6.49. The van der Waals surface area contributed by atoms with Gasteiger partial charge in [-0.3, -0.25) is 18.7 Å². The number of rotatable bonds is 6. The lowest BCUT2D eigenvalue weighted by atomic mass is 9.96. The molecule has 2 aliphatic heterocycles. The third-order valence-electron chi connectivity index (χ3n) is 5.37. The van der Waals surface area contributed by atoms with E-state index in [4.69, 9.17) is 11.6 Å². The third kappa shape index (κ3) is 6.35. The van der Waals surface area contributed by atoms with Crippen LogP contribution in [-0.2, 0) is 14.4 Å². The highest BCUT2D eigenvalue weighted by atomic mass is 35.5. The number of amides is 3. The minimum Gasteiger partial charge on any atom is -0.352 e. The maximum atomic E-state index is 12.6. The lowest BCUT2D eigenvalue weighted by Gasteiger charge is -2.33. The Morgan fingerprint density at radius 3 is 2.69 bits per heavy atom. The molecule has 1 unspecified atom stereocenters. The topological polar surface area (TPSA) is 81.8 Å². The Morgan fingerprint density at radius 1 is 1.24 bits per heavy atom. The molecule has 0 radical (unpaired) electrons. The van der Waals surface area contributed by atoms with E-state index in [1.165, 1.54) is 4.90 Å². The zero-order chi connectivity index (χ0) is 20.8. The number of nitrogens with one attached hydrogen (secondary N) is 2. The molecule has 0 spiro atoms. The van der Waals surface area contributed by atoms with Gasteiger partial charge in [-0.25, -0.2) is 0 Å². The zero-order valence-corrected chi connectivity index (χ0v) is 18.1. The van der Waals surface area contributed by atoms with Gasteiger partial charge in [0.15, 0.2) is 0 Å². The summed E-state index contributed by atoms with van der Waals surface area (Å²) in [5.41, 5.74) is 0.625. The fourth-order valence-electron chi connectivity index (χ4n) is 3.72. The Morgan fingerprint density at radius 2 is 2.00 bits per heavy atom. The van der Waals surface area contributed by atoms with E-state index in [1.54, 1.807) is 36.2 Å². The summed E-state index contributed by atoms with van der Waals surface area (Å²) in [6.07, 6.45) is 4.62. The van der Waals surface area contributed by atoms with Gasteiger partial charge in [-0.2, -0.15) is 0 Å². The number of benzene rings is 1. The molecule has 2 aliphatic rings. The standard InChI is InChI=1S/C20H27ClN4O3S/c1-29-25-9-7-16(8-10-25)22-18(26)13-24-12-14(5-6-19(24)27)20(28)23-17-4-2-3-15(21)11-17/h2-4,11,14,16H,5-10,12-13H2,1H3,(H,22,26)(H,23,28). The molecule has 2 fully saturated rings. The second kappa shape index (κ2) is 10.3. The van der Waals surface area contributed by atoms with Crippen LogP contribution >= 0.6 is 23.5 Å². The zero-order valence-electron chi connectivity index (χ0n) is 16.5. The van der Waals surface area contributed by atoms with E-state index >= 15 is 0 Å². The fraction of sp³-hybridized carbons (Fsp3) is 0.550. The van der Waals surface area contributed by atoms with E-state index in [2.05, 4.69) is 21.2 Å². The molecule has 0 saturated carbocycles. The van der Waals surface area contributed by atoms with Crippen LogP contribution in [0.2, 0.25) is 5.02 Å². The molecule has 0 aromatic heterocycles. The smallest absolute Gasteiger partial charge is 0.239 e. The van der Waals surface area contributed by atoms with Crippen molar-refractivity contribution in [2.24, 2.45) is 5.92 Å². The maximum absolute atomic E-state index is 12.6. The summed E-state index contributed by atoms with van der Waals surface area (Å²) >= 11 is 7.68. The van der Waals surface area contributed by atoms with Gasteiger partial charge in [0.2, 0.25) is 17.7 Å². The molecule has 0 bridgehead atoms. The normalized spacial score (nSPS) is 21.1. The van der Waals surface area contributed by atoms with Gasteiger partial charge in [0.25, 0.3) is 0 Å². The average molecular weight is 439 g/mol. The van der Waals surface area contributed by atoms with Gasteiger partial charge in [0.1, 0.15) is 0 Å². The first kappa shape index (κ1) is 21.9. The van der Waals surface area contributed by atoms with Crippen molar-refractivity contribution in [3.8, 4) is 0 Å². The number of halogens is 1. The molecule has 2 saturated heterocycles. The Bertz CT molecular complexity index is 755. The van der Waals surface area contributed by atoms with Crippen LogP contribution < -0.4 is 10.6 Å². The molecule has 1 aromatic carbocycles. The van der Waals surface area contributed by atoms with E-state index in [9.17, 15) is 14.4 Å². The van der Waals surface area contributed by atoms with E-state index in [0.717, 1.165) is 25.9 Å². The van der Waals surface area contributed by atoms with Crippen LogP contribution in [0, 0.1) is 5.92 Å². The minimum atomic E-state index is -0.343. The maximum Gasteiger partial charge on any atom is 0.239 e. The van der Waals surface area contributed by atoms with Crippen LogP contribution in [0.1, 0.15) is 25.7 Å². The molecular weight excluding hydrogens is 412 g/mol. The number of piperidine rings is 2. The predicted molar refractivity (Wildman–Crippen MR) is 116 cm³/mol. The lowest BCUT2D eigenvalue weighted by molar-refractivity contribution is -0.141. The van der Waals surface area contributed by atoms with Crippen LogP contribution in [0.15, 0.2) is 24.3 Å². The van der Waals surface area contributed by atoms with Gasteiger partial charge in [-0.05, 0) is 43.7 Å². The highest BCUT2D eigenvalue weighted by Crippen LogP contribution is 2.21. The molecule has 7 nitrogen and oxygen atoms in total. The Kier molecular flexibility index (Phi) is 7.80. The first-order chi connectivity index (χ1) is 13.9. The Balaban J connectivity index is 1.49. The number of anilines is 1. The highest BCUT2D eigenvalue weighted by molar-refractivity contribution is 7.96. The quantitative estimate of drug-likeness (QED) is 0.666. The van der Waals surface area contributed by atoms with Crippen molar-refractivity contribution in [3.63, 3.8) is 0 Å². The van der Waals surface area contributed by atoms with Crippen molar-refractivity contribution < 1.29 is 14.4 Å². The molecule has 29 heavy (non-hydrogen) atoms. The number of nitrogens with zero attached hydrogens (tertiary/aromatic N) is 2. The molecule has 158 valence electrons. The monoisotopic (exact) mass is 438 g/mol. The van der Waals surface area contributed by atoms with Crippen molar-refractivity contribution >= 4 is 47.0 Å². The first-order valence-electron chi connectivity index (χ1n) is 9.87. The number of likely N-dealkylation sites (tertiary alicyclic amines) is 1. The van der Waals surface area contributed by atoms with Crippen molar-refractivity contribution in [3.05, 3.63) is 29.3 Å². The number of hydrogen-bond donors (Lipinski definition) is 2. The number of carbonyl (C=O) groups is 3. The van der Waals surface area contributed by atoms with Crippen LogP contribution in [0.25, 0.3) is 0 Å². The molecule has 9 heteroatoms. The summed E-state index contributed by atoms with van der Waals surface area (Å²) < 4.78 is 2.28. The largest absolute Gasteiger partial charge is 0.352 e. The van der Waals surface area contributed by atoms with Crippen molar-refractivity contribution in [2.45, 2.75) is 31.7 Å². The Labute approximate surface area is 180 Å². The molecule has 2 heterocycles. The van der Waals surface area contributed by atoms with Gasteiger partial charge in [0, 0.05) is 42.8 Å². The van der Waals surface area contributed by atoms with Crippen molar-refractivity contribution in [1.29, 1.82) is 0 Å². The Hall–Kier alpha value is -1.77. The summed E-state index contributed by atoms with van der Waals surface area (Å²) in [7, 11) is 0. The van der Waals surface area contributed by atoms with Gasteiger partial charge >= 0.3 is 0 Å². The van der Waals surface area contributed by atoms with Crippen LogP contribution in [0.3, 0.4) is 0 Å². The van der Waals surface area contributed by atoms with Gasteiger partial charge in [0.05, 0.1) is 12.5 Å². The van der Waals surface area contributed by atoms with Crippen molar-refractivity contribution in [2.75, 3.05) is 37.8 Å². The van der Waals surface area contributed by atoms with E-state index in [0.29, 0.717) is 17.1 Å². The lowest BCUT2D eigenvalue weighted by Crippen LogP contribution is -2.50. The van der Waals surface area contributed by atoms with E-state index in [1.807, 2.05) is 0 Å². The minimum absolute atomic E-state index is 0.00250. The highest BCUT2D eigenvalue weighted by Gasteiger charge is 2.32. The van der Waals surface area contributed by atoms with Gasteiger partial charge in [-0.1, -0.05) is 29.6 Å². The molecule has 3 amide bonds. The summed E-state index contributed by atoms with van der Waals surface area (Å²) in [5.74, 6) is -0.736. The van der Waals surface area contributed by atoms with Gasteiger partial charge in [-0.15, -0.1) is 0 Å².